The second kappa shape index (κ2) is 7.03. The molecular weight excluding hydrogens is 365 g/mol. The maximum Gasteiger partial charge on any atom is 0.361 e. The molecule has 8 heteroatoms. The van der Waals surface area contributed by atoms with Crippen LogP contribution in [0.15, 0.2) is 29.0 Å². The lowest BCUT2D eigenvalue weighted by atomic mass is 9.94. The highest BCUT2D eigenvalue weighted by molar-refractivity contribution is 6.15. The Morgan fingerprint density at radius 2 is 2.14 bits per heavy atom. The number of carbonyl (C=O) groups excluding carboxylic acids is 2. The number of hydrogen-bond acceptors (Lipinski definition) is 6. The first-order valence-corrected chi connectivity index (χ1v) is 9.03. The molecule has 1 fully saturated rings. The van der Waals surface area contributed by atoms with Gasteiger partial charge in [0.05, 0.1) is 12.2 Å². The largest absolute Gasteiger partial charge is 0.461 e. The SMILES string of the molecule is CCOC(=O)c1noc(C2CC2)c1C(=O)c1ccc(-c2ncc[nH]2)c(F)c1C. The fourth-order valence-electron chi connectivity index (χ4n) is 3.15. The van der Waals surface area contributed by atoms with Crippen LogP contribution in [0.4, 0.5) is 4.39 Å². The number of halogens is 1. The van der Waals surface area contributed by atoms with Gasteiger partial charge in [-0.15, -0.1) is 0 Å². The Hall–Kier alpha value is -3.29. The lowest BCUT2D eigenvalue weighted by Gasteiger charge is -2.10. The van der Waals surface area contributed by atoms with Gasteiger partial charge in [-0.2, -0.15) is 0 Å². The molecule has 2 aromatic heterocycles. The van der Waals surface area contributed by atoms with Gasteiger partial charge < -0.3 is 14.2 Å². The van der Waals surface area contributed by atoms with Crippen molar-refractivity contribution >= 4 is 11.8 Å². The molecule has 1 aliphatic rings. The van der Waals surface area contributed by atoms with E-state index in [1.165, 1.54) is 25.3 Å². The number of hydrogen-bond donors (Lipinski definition) is 1. The molecule has 0 amide bonds. The Bertz CT molecular complexity index is 1050. The van der Waals surface area contributed by atoms with Crippen molar-refractivity contribution in [3.63, 3.8) is 0 Å². The molecule has 1 aromatic carbocycles. The number of esters is 1. The molecule has 1 saturated carbocycles. The van der Waals surface area contributed by atoms with Crippen molar-refractivity contribution < 1.29 is 23.2 Å². The van der Waals surface area contributed by atoms with E-state index in [1.807, 2.05) is 0 Å². The zero-order valence-corrected chi connectivity index (χ0v) is 15.4. The molecule has 4 rings (SSSR count). The Labute approximate surface area is 159 Å². The molecule has 3 aromatic rings. The summed E-state index contributed by atoms with van der Waals surface area (Å²) >= 11 is 0. The number of nitrogens with zero attached hydrogens (tertiary/aromatic N) is 2. The van der Waals surface area contributed by atoms with Crippen molar-refractivity contribution in [2.45, 2.75) is 32.6 Å². The first-order chi connectivity index (χ1) is 13.5. The number of nitrogens with one attached hydrogen (secondary N) is 1. The Kier molecular flexibility index (Phi) is 4.54. The minimum Gasteiger partial charge on any atom is -0.461 e. The van der Waals surface area contributed by atoms with Crippen molar-refractivity contribution in [3.05, 3.63) is 58.5 Å². The van der Waals surface area contributed by atoms with Crippen LogP contribution >= 0.6 is 0 Å². The molecule has 7 nitrogen and oxygen atoms in total. The van der Waals surface area contributed by atoms with Gasteiger partial charge in [0.25, 0.3) is 0 Å². The molecule has 28 heavy (non-hydrogen) atoms. The fraction of sp³-hybridized carbons (Fsp3) is 0.300. The van der Waals surface area contributed by atoms with E-state index in [9.17, 15) is 14.0 Å². The lowest BCUT2D eigenvalue weighted by molar-refractivity contribution is 0.0512. The molecule has 0 unspecified atom stereocenters. The molecule has 0 spiro atoms. The summed E-state index contributed by atoms with van der Waals surface area (Å²) in [6, 6.07) is 3.01. The normalized spacial score (nSPS) is 13.5. The van der Waals surface area contributed by atoms with Gasteiger partial charge >= 0.3 is 5.97 Å². The van der Waals surface area contributed by atoms with E-state index in [4.69, 9.17) is 9.26 Å². The molecule has 0 atom stereocenters. The fourth-order valence-corrected chi connectivity index (χ4v) is 3.15. The minimum atomic E-state index is -0.730. The summed E-state index contributed by atoms with van der Waals surface area (Å²) in [5.41, 5.74) is 0.468. The van der Waals surface area contributed by atoms with Crippen LogP contribution in [0.5, 0.6) is 0 Å². The van der Waals surface area contributed by atoms with E-state index in [0.29, 0.717) is 11.6 Å². The smallest absolute Gasteiger partial charge is 0.361 e. The van der Waals surface area contributed by atoms with Crippen LogP contribution in [-0.2, 0) is 4.74 Å². The highest BCUT2D eigenvalue weighted by Gasteiger charge is 2.38. The number of benzene rings is 1. The summed E-state index contributed by atoms with van der Waals surface area (Å²) < 4.78 is 25.2. The van der Waals surface area contributed by atoms with E-state index < -0.39 is 17.6 Å². The van der Waals surface area contributed by atoms with Crippen molar-refractivity contribution in [1.82, 2.24) is 15.1 Å². The topological polar surface area (TPSA) is 98.1 Å². The maximum atomic E-state index is 14.9. The molecule has 1 N–H and O–H groups in total. The van der Waals surface area contributed by atoms with Crippen molar-refractivity contribution in [1.29, 1.82) is 0 Å². The number of ether oxygens (including phenoxy) is 1. The van der Waals surface area contributed by atoms with Gasteiger partial charge in [0.15, 0.2) is 11.5 Å². The average molecular weight is 383 g/mol. The highest BCUT2D eigenvalue weighted by Crippen LogP contribution is 2.43. The van der Waals surface area contributed by atoms with Crippen LogP contribution in [0.3, 0.4) is 0 Å². The van der Waals surface area contributed by atoms with Crippen LogP contribution < -0.4 is 0 Å². The third-order valence-electron chi connectivity index (χ3n) is 4.75. The van der Waals surface area contributed by atoms with E-state index in [0.717, 1.165) is 12.8 Å². The van der Waals surface area contributed by atoms with Crippen LogP contribution in [0.25, 0.3) is 11.4 Å². The van der Waals surface area contributed by atoms with Crippen molar-refractivity contribution in [2.24, 2.45) is 0 Å². The maximum absolute atomic E-state index is 14.9. The van der Waals surface area contributed by atoms with Gasteiger partial charge in [-0.05, 0) is 44.4 Å². The number of ketones is 1. The van der Waals surface area contributed by atoms with E-state index in [-0.39, 0.29) is 40.5 Å². The predicted molar refractivity (Wildman–Crippen MR) is 96.6 cm³/mol. The Morgan fingerprint density at radius 1 is 1.36 bits per heavy atom. The molecule has 1 aliphatic carbocycles. The number of H-pyrrole nitrogens is 1. The van der Waals surface area contributed by atoms with Crippen molar-refractivity contribution in [3.8, 4) is 11.4 Å². The van der Waals surface area contributed by atoms with Gasteiger partial charge in [-0.3, -0.25) is 4.79 Å². The lowest BCUT2D eigenvalue weighted by Crippen LogP contribution is -2.14. The average Bonchev–Trinajstić information content (AvgIpc) is 3.19. The molecule has 144 valence electrons. The molecule has 0 saturated heterocycles. The van der Waals surface area contributed by atoms with Gasteiger partial charge in [0.2, 0.25) is 5.69 Å². The number of rotatable bonds is 6. The quantitative estimate of drug-likeness (QED) is 0.514. The standard InChI is InChI=1S/C20H18FN3O4/c1-3-27-20(26)16-14(18(28-24-16)11-4-5-11)17(25)12-6-7-13(15(21)10(12)2)19-22-8-9-23-19/h6-9,11H,3-5H2,1-2H3,(H,22,23). The second-order valence-electron chi connectivity index (χ2n) is 6.63. The van der Waals surface area contributed by atoms with Gasteiger partial charge in [-0.25, -0.2) is 14.2 Å². The van der Waals surface area contributed by atoms with Crippen LogP contribution in [0.2, 0.25) is 0 Å². The summed E-state index contributed by atoms with van der Waals surface area (Å²) in [5.74, 6) is -1.01. The minimum absolute atomic E-state index is 0.0437. The van der Waals surface area contributed by atoms with E-state index >= 15 is 0 Å². The van der Waals surface area contributed by atoms with Gasteiger partial charge in [0.1, 0.15) is 17.2 Å². The highest BCUT2D eigenvalue weighted by atomic mass is 19.1. The zero-order chi connectivity index (χ0) is 19.8. The summed E-state index contributed by atoms with van der Waals surface area (Å²) in [7, 11) is 0. The molecule has 2 heterocycles. The molecule has 0 radical (unpaired) electrons. The number of carbonyl (C=O) groups is 2. The van der Waals surface area contributed by atoms with E-state index in [2.05, 4.69) is 15.1 Å². The van der Waals surface area contributed by atoms with Crippen LogP contribution in [0.1, 0.15) is 63.4 Å². The molecular formula is C20H18FN3O4. The number of aromatic nitrogens is 3. The summed E-state index contributed by atoms with van der Waals surface area (Å²) in [5, 5.41) is 3.77. The van der Waals surface area contributed by atoms with Gasteiger partial charge in [0, 0.05) is 23.9 Å². The van der Waals surface area contributed by atoms with Crippen molar-refractivity contribution in [2.75, 3.05) is 6.61 Å². The Balaban J connectivity index is 1.79. The predicted octanol–water partition coefficient (Wildman–Crippen LogP) is 3.80. The van der Waals surface area contributed by atoms with Crippen LogP contribution in [-0.4, -0.2) is 33.5 Å². The van der Waals surface area contributed by atoms with Gasteiger partial charge in [-0.1, -0.05) is 5.16 Å². The first-order valence-electron chi connectivity index (χ1n) is 9.03. The summed E-state index contributed by atoms with van der Waals surface area (Å²) in [6.45, 7) is 3.32. The zero-order valence-electron chi connectivity index (χ0n) is 15.4. The summed E-state index contributed by atoms with van der Waals surface area (Å²) in [4.78, 5) is 32.4. The molecule has 0 aliphatic heterocycles. The van der Waals surface area contributed by atoms with E-state index in [1.54, 1.807) is 13.1 Å². The molecule has 0 bridgehead atoms. The number of aromatic amines is 1. The third-order valence-corrected chi connectivity index (χ3v) is 4.75. The Morgan fingerprint density at radius 3 is 2.79 bits per heavy atom. The summed E-state index contributed by atoms with van der Waals surface area (Å²) in [6.07, 6.45) is 4.81. The second-order valence-corrected chi connectivity index (χ2v) is 6.63. The first kappa shape index (κ1) is 18.1. The monoisotopic (exact) mass is 383 g/mol. The van der Waals surface area contributed by atoms with Crippen LogP contribution in [0, 0.1) is 12.7 Å². The third kappa shape index (κ3) is 3.00. The number of imidazole rings is 1.